The van der Waals surface area contributed by atoms with Crippen molar-refractivity contribution in [2.24, 2.45) is 0 Å². The summed E-state index contributed by atoms with van der Waals surface area (Å²) in [5, 5.41) is 4.53. The normalized spacial score (nSPS) is 18.4. The fraction of sp³-hybridized carbons (Fsp3) is 0.769. The van der Waals surface area contributed by atoms with Crippen LogP contribution in [0.4, 0.5) is 0 Å². The summed E-state index contributed by atoms with van der Waals surface area (Å²) in [7, 11) is 2.00. The van der Waals surface area contributed by atoms with Crippen LogP contribution in [0.2, 0.25) is 0 Å². The summed E-state index contributed by atoms with van der Waals surface area (Å²) in [4.78, 5) is 8.84. The SMILES string of the molecule is CNCC(C)c1nc2c(s1)CN(C(C)C)CC2. The third-order valence-electron chi connectivity index (χ3n) is 3.44. The Bertz CT molecular complexity index is 373. The van der Waals surface area contributed by atoms with Crippen molar-refractivity contribution in [1.29, 1.82) is 0 Å². The zero-order valence-corrected chi connectivity index (χ0v) is 12.1. The molecule has 1 aromatic heterocycles. The summed E-state index contributed by atoms with van der Waals surface area (Å²) in [6, 6.07) is 0.642. The standard InChI is InChI=1S/C13H23N3S/c1-9(2)16-6-5-11-12(8-16)17-13(15-11)10(3)7-14-4/h9-10,14H,5-8H2,1-4H3. The highest BCUT2D eigenvalue weighted by Crippen LogP contribution is 2.29. The van der Waals surface area contributed by atoms with Crippen molar-refractivity contribution in [2.45, 2.75) is 45.7 Å². The molecule has 96 valence electrons. The Morgan fingerprint density at radius 1 is 1.41 bits per heavy atom. The van der Waals surface area contributed by atoms with Gasteiger partial charge < -0.3 is 5.32 Å². The van der Waals surface area contributed by atoms with Crippen LogP contribution in [0.25, 0.3) is 0 Å². The predicted octanol–water partition coefficient (Wildman–Crippen LogP) is 2.23. The van der Waals surface area contributed by atoms with Crippen LogP contribution in [0.15, 0.2) is 0 Å². The largest absolute Gasteiger partial charge is 0.319 e. The van der Waals surface area contributed by atoms with Crippen LogP contribution in [0.1, 0.15) is 42.3 Å². The molecular weight excluding hydrogens is 230 g/mol. The minimum absolute atomic E-state index is 0.531. The minimum Gasteiger partial charge on any atom is -0.319 e. The molecule has 0 radical (unpaired) electrons. The summed E-state index contributed by atoms with van der Waals surface area (Å²) < 4.78 is 0. The van der Waals surface area contributed by atoms with Gasteiger partial charge in [-0.3, -0.25) is 4.90 Å². The Labute approximate surface area is 108 Å². The van der Waals surface area contributed by atoms with Gasteiger partial charge in [-0.05, 0) is 20.9 Å². The smallest absolute Gasteiger partial charge is 0.0972 e. The Kier molecular flexibility index (Phi) is 4.17. The summed E-state index contributed by atoms with van der Waals surface area (Å²) in [5.74, 6) is 0.531. The molecule has 3 nitrogen and oxygen atoms in total. The second-order valence-corrected chi connectivity index (χ2v) is 6.31. The van der Waals surface area contributed by atoms with E-state index in [0.717, 1.165) is 26.1 Å². The molecular formula is C13H23N3S. The molecule has 0 fully saturated rings. The van der Waals surface area contributed by atoms with Crippen LogP contribution >= 0.6 is 11.3 Å². The lowest BCUT2D eigenvalue weighted by Crippen LogP contribution is -2.35. The monoisotopic (exact) mass is 253 g/mol. The van der Waals surface area contributed by atoms with E-state index in [1.807, 2.05) is 18.4 Å². The van der Waals surface area contributed by atoms with Gasteiger partial charge in [0.2, 0.25) is 0 Å². The van der Waals surface area contributed by atoms with Crippen molar-refractivity contribution in [3.8, 4) is 0 Å². The van der Waals surface area contributed by atoms with Crippen molar-refractivity contribution in [3.05, 3.63) is 15.6 Å². The maximum atomic E-state index is 4.81. The first-order valence-electron chi connectivity index (χ1n) is 6.49. The lowest BCUT2D eigenvalue weighted by Gasteiger charge is -2.29. The van der Waals surface area contributed by atoms with Gasteiger partial charge in [-0.25, -0.2) is 4.98 Å². The summed E-state index contributed by atoms with van der Waals surface area (Å²) in [5.41, 5.74) is 1.35. The van der Waals surface area contributed by atoms with E-state index in [1.165, 1.54) is 15.6 Å². The maximum Gasteiger partial charge on any atom is 0.0972 e. The Morgan fingerprint density at radius 2 is 2.18 bits per heavy atom. The molecule has 2 rings (SSSR count). The lowest BCUT2D eigenvalue weighted by atomic mass is 10.1. The first kappa shape index (κ1) is 13.0. The van der Waals surface area contributed by atoms with Gasteiger partial charge in [0.15, 0.2) is 0 Å². The van der Waals surface area contributed by atoms with Crippen LogP contribution in [0.3, 0.4) is 0 Å². The molecule has 1 aromatic rings. The van der Waals surface area contributed by atoms with Crippen molar-refractivity contribution in [2.75, 3.05) is 20.1 Å². The third-order valence-corrected chi connectivity index (χ3v) is 4.75. The first-order chi connectivity index (χ1) is 8.11. The second kappa shape index (κ2) is 5.46. The van der Waals surface area contributed by atoms with E-state index in [0.29, 0.717) is 12.0 Å². The van der Waals surface area contributed by atoms with Crippen molar-refractivity contribution >= 4 is 11.3 Å². The third kappa shape index (κ3) is 2.87. The molecule has 0 saturated heterocycles. The molecule has 2 heterocycles. The van der Waals surface area contributed by atoms with Gasteiger partial charge in [0.1, 0.15) is 0 Å². The Morgan fingerprint density at radius 3 is 2.82 bits per heavy atom. The highest BCUT2D eigenvalue weighted by molar-refractivity contribution is 7.11. The fourth-order valence-corrected chi connectivity index (χ4v) is 3.47. The van der Waals surface area contributed by atoms with E-state index in [-0.39, 0.29) is 0 Å². The van der Waals surface area contributed by atoms with Crippen LogP contribution in [-0.4, -0.2) is 36.1 Å². The minimum atomic E-state index is 0.531. The van der Waals surface area contributed by atoms with E-state index in [4.69, 9.17) is 4.98 Å². The molecule has 1 N–H and O–H groups in total. The summed E-state index contributed by atoms with van der Waals surface area (Å²) in [6.07, 6.45) is 1.12. The number of thiazole rings is 1. The number of fused-ring (bicyclic) bond motifs is 1. The van der Waals surface area contributed by atoms with Crippen LogP contribution in [-0.2, 0) is 13.0 Å². The molecule has 0 aromatic carbocycles. The van der Waals surface area contributed by atoms with Crippen molar-refractivity contribution < 1.29 is 0 Å². The number of aromatic nitrogens is 1. The van der Waals surface area contributed by atoms with Gasteiger partial charge in [-0.2, -0.15) is 0 Å². The van der Waals surface area contributed by atoms with E-state index >= 15 is 0 Å². The van der Waals surface area contributed by atoms with Gasteiger partial charge >= 0.3 is 0 Å². The molecule has 0 saturated carbocycles. The Hall–Kier alpha value is -0.450. The van der Waals surface area contributed by atoms with Gasteiger partial charge in [0.05, 0.1) is 10.7 Å². The highest BCUT2D eigenvalue weighted by atomic mass is 32.1. The molecule has 1 aliphatic rings. The van der Waals surface area contributed by atoms with Gasteiger partial charge in [0.25, 0.3) is 0 Å². The Balaban J connectivity index is 2.11. The first-order valence-corrected chi connectivity index (χ1v) is 7.30. The molecule has 1 unspecified atom stereocenters. The molecule has 0 aliphatic carbocycles. The van der Waals surface area contributed by atoms with Crippen LogP contribution in [0, 0.1) is 0 Å². The average Bonchev–Trinajstić information content (AvgIpc) is 2.71. The lowest BCUT2D eigenvalue weighted by molar-refractivity contribution is 0.205. The number of nitrogens with one attached hydrogen (secondary N) is 1. The molecule has 4 heteroatoms. The number of rotatable bonds is 4. The summed E-state index contributed by atoms with van der Waals surface area (Å²) in [6.45, 7) is 10.1. The van der Waals surface area contributed by atoms with Crippen LogP contribution in [0.5, 0.6) is 0 Å². The maximum absolute atomic E-state index is 4.81. The number of hydrogen-bond donors (Lipinski definition) is 1. The quantitative estimate of drug-likeness (QED) is 0.892. The van der Waals surface area contributed by atoms with Crippen molar-refractivity contribution in [1.82, 2.24) is 15.2 Å². The molecule has 17 heavy (non-hydrogen) atoms. The predicted molar refractivity (Wildman–Crippen MR) is 73.7 cm³/mol. The molecule has 0 bridgehead atoms. The zero-order valence-electron chi connectivity index (χ0n) is 11.3. The van der Waals surface area contributed by atoms with Crippen LogP contribution < -0.4 is 5.32 Å². The van der Waals surface area contributed by atoms with E-state index in [9.17, 15) is 0 Å². The number of hydrogen-bond acceptors (Lipinski definition) is 4. The average molecular weight is 253 g/mol. The number of likely N-dealkylation sites (N-methyl/N-ethyl adjacent to an activating group) is 1. The van der Waals surface area contributed by atoms with E-state index in [2.05, 4.69) is 31.0 Å². The zero-order chi connectivity index (χ0) is 12.4. The summed E-state index contributed by atoms with van der Waals surface area (Å²) >= 11 is 1.91. The molecule has 1 atom stereocenters. The van der Waals surface area contributed by atoms with Crippen molar-refractivity contribution in [3.63, 3.8) is 0 Å². The van der Waals surface area contributed by atoms with E-state index in [1.54, 1.807) is 0 Å². The molecule has 1 aliphatic heterocycles. The second-order valence-electron chi connectivity index (χ2n) is 5.19. The van der Waals surface area contributed by atoms with Gasteiger partial charge in [-0.15, -0.1) is 11.3 Å². The van der Waals surface area contributed by atoms with Gasteiger partial charge in [-0.1, -0.05) is 6.92 Å². The van der Waals surface area contributed by atoms with E-state index < -0.39 is 0 Å². The fourth-order valence-electron chi connectivity index (χ4n) is 2.28. The highest BCUT2D eigenvalue weighted by Gasteiger charge is 2.23. The van der Waals surface area contributed by atoms with Gasteiger partial charge in [0, 0.05) is 42.9 Å². The molecule has 0 spiro atoms. The topological polar surface area (TPSA) is 28.2 Å². The number of nitrogens with zero attached hydrogens (tertiary/aromatic N) is 2. The molecule has 0 amide bonds.